The van der Waals surface area contributed by atoms with Gasteiger partial charge in [-0.25, -0.2) is 0 Å². The SMILES string of the molecule is Cl.Cl.NCCCCCCN=C(N)N=C(N)Nc1ccc(Cl)cc1. The van der Waals surface area contributed by atoms with Crippen LogP contribution in [0.15, 0.2) is 34.3 Å². The Morgan fingerprint density at radius 1 is 1.00 bits per heavy atom. The molecule has 0 fully saturated rings. The minimum absolute atomic E-state index is 0. The predicted molar refractivity (Wildman–Crippen MR) is 105 cm³/mol. The van der Waals surface area contributed by atoms with Crippen molar-refractivity contribution >= 4 is 54.0 Å². The van der Waals surface area contributed by atoms with Gasteiger partial charge < -0.3 is 22.5 Å². The molecule has 9 heteroatoms. The fourth-order valence-electron chi connectivity index (χ4n) is 1.67. The molecule has 0 heterocycles. The van der Waals surface area contributed by atoms with E-state index in [1.54, 1.807) is 24.3 Å². The molecular formula is C14H25Cl3N6. The summed E-state index contributed by atoms with van der Waals surface area (Å²) < 4.78 is 0. The van der Waals surface area contributed by atoms with Gasteiger partial charge in [0.15, 0.2) is 0 Å². The van der Waals surface area contributed by atoms with Crippen LogP contribution >= 0.6 is 36.4 Å². The van der Waals surface area contributed by atoms with Crippen molar-refractivity contribution in [3.63, 3.8) is 0 Å². The molecule has 0 aromatic heterocycles. The highest BCUT2D eigenvalue weighted by Crippen LogP contribution is 2.12. The number of guanidine groups is 2. The standard InChI is InChI=1S/C14H23ClN6.2ClH/c15-11-5-7-12(8-6-11)20-14(18)21-13(17)19-10-4-2-1-3-9-16;;/h5-8H,1-4,9-10,16H2,(H5,17,18,19,20,21);2*1H. The van der Waals surface area contributed by atoms with Gasteiger partial charge in [0, 0.05) is 17.3 Å². The van der Waals surface area contributed by atoms with Gasteiger partial charge in [-0.2, -0.15) is 4.99 Å². The molecule has 0 amide bonds. The average molecular weight is 384 g/mol. The largest absolute Gasteiger partial charge is 0.369 e. The molecule has 0 saturated heterocycles. The fourth-order valence-corrected chi connectivity index (χ4v) is 1.80. The summed E-state index contributed by atoms with van der Waals surface area (Å²) in [5.74, 6) is 0.370. The molecule has 0 bridgehead atoms. The van der Waals surface area contributed by atoms with Crippen LogP contribution in [0.1, 0.15) is 25.7 Å². The first-order valence-electron chi connectivity index (χ1n) is 6.98. The Morgan fingerprint density at radius 3 is 2.22 bits per heavy atom. The zero-order chi connectivity index (χ0) is 15.5. The van der Waals surface area contributed by atoms with Crippen molar-refractivity contribution in [2.75, 3.05) is 18.4 Å². The van der Waals surface area contributed by atoms with E-state index in [0.29, 0.717) is 11.6 Å². The number of anilines is 1. The van der Waals surface area contributed by atoms with Gasteiger partial charge in [-0.15, -0.1) is 24.8 Å². The number of nitrogens with two attached hydrogens (primary N) is 3. The normalized spacial score (nSPS) is 11.4. The maximum atomic E-state index is 5.80. The second kappa shape index (κ2) is 14.4. The lowest BCUT2D eigenvalue weighted by atomic mass is 10.2. The molecule has 0 aliphatic rings. The van der Waals surface area contributed by atoms with Gasteiger partial charge in [-0.3, -0.25) is 4.99 Å². The van der Waals surface area contributed by atoms with Crippen molar-refractivity contribution in [2.45, 2.75) is 25.7 Å². The molecule has 132 valence electrons. The van der Waals surface area contributed by atoms with Crippen LogP contribution in [0.25, 0.3) is 0 Å². The average Bonchev–Trinajstić information content (AvgIpc) is 2.45. The van der Waals surface area contributed by atoms with Gasteiger partial charge in [-0.05, 0) is 43.7 Å². The summed E-state index contributed by atoms with van der Waals surface area (Å²) in [6.07, 6.45) is 4.24. The first-order valence-corrected chi connectivity index (χ1v) is 7.36. The van der Waals surface area contributed by atoms with E-state index in [-0.39, 0.29) is 36.7 Å². The van der Waals surface area contributed by atoms with Gasteiger partial charge >= 0.3 is 0 Å². The molecule has 23 heavy (non-hydrogen) atoms. The number of nitrogens with one attached hydrogen (secondary N) is 1. The van der Waals surface area contributed by atoms with E-state index >= 15 is 0 Å². The van der Waals surface area contributed by atoms with E-state index in [9.17, 15) is 0 Å². The van der Waals surface area contributed by atoms with Crippen LogP contribution in [0, 0.1) is 0 Å². The maximum absolute atomic E-state index is 5.80. The highest BCUT2D eigenvalue weighted by Gasteiger charge is 1.97. The molecule has 0 saturated carbocycles. The van der Waals surface area contributed by atoms with Gasteiger partial charge in [0.25, 0.3) is 0 Å². The lowest BCUT2D eigenvalue weighted by Gasteiger charge is -2.05. The van der Waals surface area contributed by atoms with Crippen LogP contribution in [0.2, 0.25) is 5.02 Å². The molecule has 1 aromatic carbocycles. The van der Waals surface area contributed by atoms with Crippen LogP contribution in [0.5, 0.6) is 0 Å². The summed E-state index contributed by atoms with van der Waals surface area (Å²) in [4.78, 5) is 8.14. The first-order chi connectivity index (χ1) is 10.1. The number of nitrogens with zero attached hydrogens (tertiary/aromatic N) is 2. The summed E-state index contributed by atoms with van der Waals surface area (Å²) in [7, 11) is 0. The summed E-state index contributed by atoms with van der Waals surface area (Å²) in [6.45, 7) is 1.39. The fraction of sp³-hybridized carbons (Fsp3) is 0.429. The molecule has 0 radical (unpaired) electrons. The van der Waals surface area contributed by atoms with E-state index in [4.69, 9.17) is 28.8 Å². The molecule has 6 nitrogen and oxygen atoms in total. The highest BCUT2D eigenvalue weighted by atomic mass is 35.5. The number of unbranched alkanes of at least 4 members (excludes halogenated alkanes) is 3. The topological polar surface area (TPSA) is 115 Å². The van der Waals surface area contributed by atoms with Crippen molar-refractivity contribution in [3.8, 4) is 0 Å². The maximum Gasteiger partial charge on any atom is 0.218 e. The zero-order valence-electron chi connectivity index (χ0n) is 12.9. The van der Waals surface area contributed by atoms with Crippen molar-refractivity contribution < 1.29 is 0 Å². The number of halogens is 3. The van der Waals surface area contributed by atoms with E-state index in [1.165, 1.54) is 0 Å². The molecule has 0 spiro atoms. The Bertz CT molecular complexity index is 476. The predicted octanol–water partition coefficient (Wildman–Crippen LogP) is 2.74. The van der Waals surface area contributed by atoms with Crippen LogP contribution in [0.3, 0.4) is 0 Å². The lowest BCUT2D eigenvalue weighted by Crippen LogP contribution is -2.26. The lowest BCUT2D eigenvalue weighted by molar-refractivity contribution is 0.653. The Morgan fingerprint density at radius 2 is 1.61 bits per heavy atom. The number of aliphatic imine (C=N–C) groups is 2. The Kier molecular flexibility index (Phi) is 15.0. The number of rotatable bonds is 7. The summed E-state index contributed by atoms with van der Waals surface area (Å²) in [5.41, 5.74) is 17.7. The molecule has 1 rings (SSSR count). The summed E-state index contributed by atoms with van der Waals surface area (Å²) in [6, 6.07) is 7.12. The number of hydrogen-bond acceptors (Lipinski definition) is 2. The van der Waals surface area contributed by atoms with Crippen LogP contribution in [-0.2, 0) is 0 Å². The second-order valence-electron chi connectivity index (χ2n) is 4.57. The van der Waals surface area contributed by atoms with Crippen LogP contribution in [-0.4, -0.2) is 25.0 Å². The minimum atomic E-state index is 0. The Hall–Kier alpha value is -1.21. The summed E-state index contributed by atoms with van der Waals surface area (Å²) >= 11 is 5.80. The molecule has 0 aliphatic carbocycles. The van der Waals surface area contributed by atoms with Crippen LogP contribution in [0.4, 0.5) is 5.69 Å². The van der Waals surface area contributed by atoms with Crippen molar-refractivity contribution in [1.29, 1.82) is 0 Å². The number of benzene rings is 1. The second-order valence-corrected chi connectivity index (χ2v) is 5.01. The third-order valence-electron chi connectivity index (χ3n) is 2.74. The highest BCUT2D eigenvalue weighted by molar-refractivity contribution is 6.30. The van der Waals surface area contributed by atoms with Crippen LogP contribution < -0.4 is 22.5 Å². The summed E-state index contributed by atoms with van der Waals surface area (Å²) in [5, 5.41) is 3.57. The third-order valence-corrected chi connectivity index (χ3v) is 2.99. The van der Waals surface area contributed by atoms with Crippen molar-refractivity contribution in [3.05, 3.63) is 29.3 Å². The van der Waals surface area contributed by atoms with Gasteiger partial charge in [0.1, 0.15) is 0 Å². The molecule has 1 aromatic rings. The zero-order valence-corrected chi connectivity index (χ0v) is 15.3. The number of hydrogen-bond donors (Lipinski definition) is 4. The Balaban J connectivity index is 0. The van der Waals surface area contributed by atoms with Gasteiger partial charge in [0.2, 0.25) is 11.9 Å². The molecular weight excluding hydrogens is 359 g/mol. The molecule has 0 atom stereocenters. The van der Waals surface area contributed by atoms with Crippen molar-refractivity contribution in [2.24, 2.45) is 27.2 Å². The molecule has 0 unspecified atom stereocenters. The van der Waals surface area contributed by atoms with E-state index < -0.39 is 0 Å². The minimum Gasteiger partial charge on any atom is -0.369 e. The van der Waals surface area contributed by atoms with E-state index in [2.05, 4.69) is 15.3 Å². The van der Waals surface area contributed by atoms with Gasteiger partial charge in [0.05, 0.1) is 0 Å². The quantitative estimate of drug-likeness (QED) is 0.329. The molecule has 7 N–H and O–H groups in total. The van der Waals surface area contributed by atoms with Crippen molar-refractivity contribution in [1.82, 2.24) is 0 Å². The van der Waals surface area contributed by atoms with E-state index in [1.807, 2.05) is 0 Å². The first kappa shape index (κ1) is 24.0. The van der Waals surface area contributed by atoms with E-state index in [0.717, 1.165) is 37.9 Å². The molecule has 0 aliphatic heterocycles. The Labute approximate surface area is 154 Å². The third kappa shape index (κ3) is 11.9. The smallest absolute Gasteiger partial charge is 0.218 e. The monoisotopic (exact) mass is 382 g/mol. The van der Waals surface area contributed by atoms with Gasteiger partial charge in [-0.1, -0.05) is 24.4 Å².